The van der Waals surface area contributed by atoms with Gasteiger partial charge >= 0.3 is 118 Å². The van der Waals surface area contributed by atoms with Crippen LogP contribution in [0.5, 0.6) is 0 Å². The number of hydrogen-bond donors (Lipinski definition) is 2. The maximum absolute atomic E-state index is 3.76. The van der Waals surface area contributed by atoms with E-state index in [1.807, 2.05) is 0 Å². The van der Waals surface area contributed by atoms with Crippen molar-refractivity contribution in [2.45, 2.75) is 38.0 Å². The molecule has 0 aromatic heterocycles. The first-order valence-corrected chi connectivity index (χ1v) is 10.3. The van der Waals surface area contributed by atoms with Crippen LogP contribution in [0.4, 0.5) is 0 Å². The molecule has 18 heavy (non-hydrogen) atoms. The van der Waals surface area contributed by atoms with Gasteiger partial charge in [-0.15, -0.1) is 0 Å². The molecule has 0 saturated heterocycles. The fourth-order valence-electron chi connectivity index (χ4n) is 1.88. The fraction of sp³-hybridized carbons (Fsp3) is 0.429. The molecule has 0 aliphatic heterocycles. The molecule has 2 rings (SSSR count). The van der Waals surface area contributed by atoms with Crippen LogP contribution in [0.3, 0.4) is 0 Å². The average Bonchev–Trinajstić information content (AvgIpc) is 2.88. The molecule has 0 heterocycles. The zero-order chi connectivity index (χ0) is 13.2. The van der Waals surface area contributed by atoms with Gasteiger partial charge in [0.25, 0.3) is 0 Å². The van der Waals surface area contributed by atoms with Gasteiger partial charge in [-0.25, -0.2) is 0 Å². The Morgan fingerprint density at radius 2 is 1.17 bits per heavy atom. The van der Waals surface area contributed by atoms with Crippen LogP contribution in [0.15, 0.2) is 48.6 Å². The van der Waals surface area contributed by atoms with Gasteiger partial charge in [-0.1, -0.05) is 0 Å². The summed E-state index contributed by atoms with van der Waals surface area (Å²) in [4.78, 5) is 0. The third kappa shape index (κ3) is 3.23. The quantitative estimate of drug-likeness (QED) is 0.613. The first kappa shape index (κ1) is 14.2. The average molecular weight is 327 g/mol. The Bertz CT molecular complexity index is 411. The van der Waals surface area contributed by atoms with E-state index in [0.29, 0.717) is 12.1 Å². The molecule has 98 valence electrons. The monoisotopic (exact) mass is 328 g/mol. The number of nitrogens with one attached hydrogen (secondary N) is 2. The van der Waals surface area contributed by atoms with E-state index in [-0.39, 0.29) is 5.16 Å². The number of rotatable bonds is 4. The maximum atomic E-state index is 3.76. The molecule has 0 aromatic rings. The van der Waals surface area contributed by atoms with Crippen LogP contribution in [-0.2, 0) is 0 Å². The van der Waals surface area contributed by atoms with E-state index < -0.39 is 5.81 Å². The third-order valence-electron chi connectivity index (χ3n) is 3.10. The second kappa shape index (κ2) is 5.44. The van der Waals surface area contributed by atoms with E-state index in [9.17, 15) is 0 Å². The molecule has 0 radical (unpaired) electrons. The summed E-state index contributed by atoms with van der Waals surface area (Å²) in [7, 11) is 0. The van der Waals surface area contributed by atoms with Crippen LogP contribution in [-0.4, -0.2) is 32.3 Å². The molecule has 2 N–H and O–H groups in total. The van der Waals surface area contributed by atoms with Crippen molar-refractivity contribution in [3.8, 4) is 0 Å². The van der Waals surface area contributed by atoms with Crippen LogP contribution in [0.25, 0.3) is 0 Å². The Morgan fingerprint density at radius 3 is 1.44 bits per heavy atom. The fourth-order valence-corrected chi connectivity index (χ4v) is 5.45. The van der Waals surface area contributed by atoms with Gasteiger partial charge in [-0.05, 0) is 0 Å². The molecule has 4 heteroatoms. The van der Waals surface area contributed by atoms with E-state index >= 15 is 0 Å². The zero-order valence-electron chi connectivity index (χ0n) is 11.1. The van der Waals surface area contributed by atoms with E-state index in [1.54, 1.807) is 0 Å². The van der Waals surface area contributed by atoms with Crippen molar-refractivity contribution in [3.05, 3.63) is 48.6 Å². The Morgan fingerprint density at radius 1 is 0.833 bits per heavy atom. The first-order valence-electron chi connectivity index (χ1n) is 6.26. The molecule has 2 aliphatic rings. The molecule has 2 aliphatic carbocycles. The summed E-state index contributed by atoms with van der Waals surface area (Å²) in [5.41, 5.74) is 0. The van der Waals surface area contributed by atoms with Crippen LogP contribution in [0.2, 0.25) is 0 Å². The molecule has 0 fully saturated rings. The minimum absolute atomic E-state index is 0.168. The molecule has 0 amide bonds. The minimum atomic E-state index is -1.58. The van der Waals surface area contributed by atoms with Gasteiger partial charge in [0.05, 0.1) is 0 Å². The van der Waals surface area contributed by atoms with Gasteiger partial charge < -0.3 is 0 Å². The second-order valence-electron chi connectivity index (χ2n) is 5.63. The van der Waals surface area contributed by atoms with Gasteiger partial charge in [0.2, 0.25) is 0 Å². The first-order chi connectivity index (χ1) is 8.41. The molecule has 0 atom stereocenters. The summed E-state index contributed by atoms with van der Waals surface area (Å²) in [6.45, 7) is 6.84. The van der Waals surface area contributed by atoms with Crippen molar-refractivity contribution >= 4 is 20.9 Å². The van der Waals surface area contributed by atoms with Gasteiger partial charge in [-0.3, -0.25) is 0 Å². The van der Waals surface area contributed by atoms with E-state index in [4.69, 9.17) is 0 Å². The normalized spacial score (nSPS) is 20.4. The molecule has 0 saturated carbocycles. The van der Waals surface area contributed by atoms with Crippen molar-refractivity contribution in [1.29, 1.82) is 0 Å². The summed E-state index contributed by atoms with van der Waals surface area (Å²) in [5, 5.41) is 7.69. The van der Waals surface area contributed by atoms with Gasteiger partial charge in [0.15, 0.2) is 0 Å². The van der Waals surface area contributed by atoms with Crippen molar-refractivity contribution in [2.24, 2.45) is 0 Å². The molecular formula is C14H21N2PSe. The van der Waals surface area contributed by atoms with Crippen LogP contribution >= 0.6 is 5.81 Å². The topological polar surface area (TPSA) is 24.1 Å². The van der Waals surface area contributed by atoms with Crippen molar-refractivity contribution in [1.82, 2.24) is 10.2 Å². The summed E-state index contributed by atoms with van der Waals surface area (Å²) < 4.78 is 0. The SMILES string of the molecule is CC(C)(C)P(=[Se])(NC1C=CC=C1)NC1C=CC=C1. The predicted octanol–water partition coefficient (Wildman–Crippen LogP) is 2.88. The Kier molecular flexibility index (Phi) is 4.31. The number of allylic oxidation sites excluding steroid dienone is 4. The summed E-state index contributed by atoms with van der Waals surface area (Å²) in [6.07, 6.45) is 17.2. The molecule has 0 bridgehead atoms. The Hall–Kier alpha value is -0.171. The molecule has 0 unspecified atom stereocenters. The van der Waals surface area contributed by atoms with Gasteiger partial charge in [0.1, 0.15) is 0 Å². The Balaban J connectivity index is 2.14. The molecule has 0 aromatic carbocycles. The number of hydrogen-bond acceptors (Lipinski definition) is 2. The summed E-state index contributed by atoms with van der Waals surface area (Å²) >= 11 is 3.44. The van der Waals surface area contributed by atoms with Crippen LogP contribution in [0.1, 0.15) is 20.8 Å². The molecule has 0 spiro atoms. The van der Waals surface area contributed by atoms with Crippen LogP contribution < -0.4 is 10.2 Å². The molecular weight excluding hydrogens is 306 g/mol. The standard InChI is InChI=1S/C14H21N2PSe/c1-14(2,3)17(18,15-12-8-4-5-9-12)16-13-10-6-7-11-13/h4-13H,1-3H3,(H2,15,16,18). The second-order valence-corrected chi connectivity index (χ2v) is 12.2. The van der Waals surface area contributed by atoms with E-state index in [0.717, 1.165) is 0 Å². The van der Waals surface area contributed by atoms with Crippen molar-refractivity contribution in [3.63, 3.8) is 0 Å². The van der Waals surface area contributed by atoms with Gasteiger partial charge in [-0.2, -0.15) is 0 Å². The zero-order valence-corrected chi connectivity index (χ0v) is 13.7. The Labute approximate surface area is 118 Å². The van der Waals surface area contributed by atoms with Crippen molar-refractivity contribution in [2.75, 3.05) is 0 Å². The van der Waals surface area contributed by atoms with E-state index in [1.165, 1.54) is 0 Å². The van der Waals surface area contributed by atoms with E-state index in [2.05, 4.69) is 94.7 Å². The van der Waals surface area contributed by atoms with Crippen molar-refractivity contribution < 1.29 is 0 Å². The van der Waals surface area contributed by atoms with Crippen LogP contribution in [0, 0.1) is 0 Å². The van der Waals surface area contributed by atoms with Gasteiger partial charge in [0, 0.05) is 0 Å². The summed E-state index contributed by atoms with van der Waals surface area (Å²) in [5.74, 6) is -1.58. The third-order valence-corrected chi connectivity index (χ3v) is 11.1. The summed E-state index contributed by atoms with van der Waals surface area (Å²) in [6, 6.07) is 0.668. The molecule has 2 nitrogen and oxygen atoms in total. The predicted molar refractivity (Wildman–Crippen MR) is 82.8 cm³/mol.